The fraction of sp³-hybridized carbons (Fsp3) is 0.318. The van der Waals surface area contributed by atoms with Crippen LogP contribution < -0.4 is 24.3 Å². The van der Waals surface area contributed by atoms with Gasteiger partial charge in [-0.2, -0.15) is 0 Å². The SMILES string of the molecule is CCOC(=O)CNC(=O)OC1C(=O)c2ccc(OC)cc2O[C@@H]1c1ccc2c(c1)OCO2. The predicted octanol–water partition coefficient (Wildman–Crippen LogP) is 2.40. The van der Waals surface area contributed by atoms with Crippen LogP contribution in [0, 0.1) is 0 Å². The quantitative estimate of drug-likeness (QED) is 0.671. The van der Waals surface area contributed by atoms with E-state index in [2.05, 4.69) is 5.32 Å². The summed E-state index contributed by atoms with van der Waals surface area (Å²) in [6.45, 7) is 1.52. The first-order valence-electron chi connectivity index (χ1n) is 9.88. The average molecular weight is 443 g/mol. The van der Waals surface area contributed by atoms with Crippen molar-refractivity contribution in [3.05, 3.63) is 47.5 Å². The number of methoxy groups -OCH3 is 1. The second kappa shape index (κ2) is 9.04. The van der Waals surface area contributed by atoms with E-state index < -0.39 is 36.6 Å². The molecule has 0 spiro atoms. The van der Waals surface area contributed by atoms with Crippen LogP contribution in [-0.2, 0) is 14.3 Å². The number of Topliss-reactive ketones (excluding diaryl/α,β-unsaturated/α-hetero) is 1. The maximum Gasteiger partial charge on any atom is 0.408 e. The van der Waals surface area contributed by atoms with Gasteiger partial charge in [0.1, 0.15) is 18.0 Å². The Morgan fingerprint density at radius 3 is 2.69 bits per heavy atom. The molecular formula is C22H21NO9. The van der Waals surface area contributed by atoms with Crippen molar-refractivity contribution in [2.45, 2.75) is 19.1 Å². The van der Waals surface area contributed by atoms with Gasteiger partial charge >= 0.3 is 12.1 Å². The Labute approximate surface area is 183 Å². The molecule has 2 aliphatic rings. The van der Waals surface area contributed by atoms with Crippen molar-refractivity contribution in [2.75, 3.05) is 27.1 Å². The monoisotopic (exact) mass is 443 g/mol. The van der Waals surface area contributed by atoms with Gasteiger partial charge in [0, 0.05) is 11.6 Å². The molecule has 10 nitrogen and oxygen atoms in total. The molecule has 2 aromatic carbocycles. The summed E-state index contributed by atoms with van der Waals surface area (Å²) < 4.78 is 32.2. The van der Waals surface area contributed by atoms with E-state index in [0.717, 1.165) is 0 Å². The van der Waals surface area contributed by atoms with Gasteiger partial charge in [0.25, 0.3) is 0 Å². The van der Waals surface area contributed by atoms with Crippen LogP contribution >= 0.6 is 0 Å². The van der Waals surface area contributed by atoms with E-state index in [-0.39, 0.29) is 19.0 Å². The largest absolute Gasteiger partial charge is 0.497 e. The number of carbonyl (C=O) groups is 3. The number of fused-ring (bicyclic) bond motifs is 2. The first kappa shape index (κ1) is 21.3. The summed E-state index contributed by atoms with van der Waals surface area (Å²) in [6, 6.07) is 9.79. The molecule has 0 fully saturated rings. The summed E-state index contributed by atoms with van der Waals surface area (Å²) in [5, 5.41) is 2.28. The second-order valence-corrected chi connectivity index (χ2v) is 6.86. The van der Waals surface area contributed by atoms with Crippen molar-refractivity contribution in [1.82, 2.24) is 5.32 Å². The maximum atomic E-state index is 13.2. The number of ketones is 1. The molecule has 0 radical (unpaired) electrons. The molecule has 0 saturated heterocycles. The molecule has 10 heteroatoms. The minimum atomic E-state index is -1.31. The number of alkyl carbamates (subject to hydrolysis) is 1. The summed E-state index contributed by atoms with van der Waals surface area (Å²) in [4.78, 5) is 37.1. The highest BCUT2D eigenvalue weighted by atomic mass is 16.7. The highest BCUT2D eigenvalue weighted by Crippen LogP contribution is 2.41. The Balaban J connectivity index is 1.62. The number of hydrogen-bond acceptors (Lipinski definition) is 9. The third-order valence-electron chi connectivity index (χ3n) is 4.88. The first-order chi connectivity index (χ1) is 15.5. The standard InChI is InChI=1S/C22H21NO9/c1-3-28-18(24)10-23-22(26)32-21-19(25)14-6-5-13(27-2)9-16(14)31-20(21)12-4-7-15-17(8-12)30-11-29-15/h4-9,20-21H,3,10-11H2,1-2H3,(H,23,26)/t20-,21?/m1/s1. The molecule has 4 rings (SSSR count). The van der Waals surface area contributed by atoms with Crippen LogP contribution in [0.15, 0.2) is 36.4 Å². The van der Waals surface area contributed by atoms with Gasteiger partial charge in [-0.15, -0.1) is 0 Å². The van der Waals surface area contributed by atoms with Crippen molar-refractivity contribution >= 4 is 17.8 Å². The smallest absolute Gasteiger partial charge is 0.408 e. The van der Waals surface area contributed by atoms with Gasteiger partial charge < -0.3 is 33.7 Å². The number of esters is 1. The van der Waals surface area contributed by atoms with E-state index in [1.165, 1.54) is 7.11 Å². The van der Waals surface area contributed by atoms with Crippen LogP contribution in [0.1, 0.15) is 28.9 Å². The lowest BCUT2D eigenvalue weighted by Crippen LogP contribution is -2.43. The summed E-state index contributed by atoms with van der Waals surface area (Å²) in [5.74, 6) is 0.766. The minimum Gasteiger partial charge on any atom is -0.497 e. The fourth-order valence-electron chi connectivity index (χ4n) is 3.38. The Kier molecular flexibility index (Phi) is 6.02. The zero-order valence-corrected chi connectivity index (χ0v) is 17.4. The molecule has 2 heterocycles. The van der Waals surface area contributed by atoms with E-state index >= 15 is 0 Å². The third kappa shape index (κ3) is 4.25. The zero-order chi connectivity index (χ0) is 22.7. The maximum absolute atomic E-state index is 13.2. The number of amides is 1. The van der Waals surface area contributed by atoms with Gasteiger partial charge in [-0.3, -0.25) is 9.59 Å². The van der Waals surface area contributed by atoms with Crippen molar-refractivity contribution in [1.29, 1.82) is 0 Å². The molecule has 2 atom stereocenters. The molecule has 1 N–H and O–H groups in total. The van der Waals surface area contributed by atoms with Crippen LogP contribution in [0.3, 0.4) is 0 Å². The Hall–Kier alpha value is -3.95. The highest BCUT2D eigenvalue weighted by molar-refractivity contribution is 6.04. The summed E-state index contributed by atoms with van der Waals surface area (Å²) in [6.07, 6.45) is -3.23. The Morgan fingerprint density at radius 1 is 1.09 bits per heavy atom. The molecule has 1 unspecified atom stereocenters. The normalized spacial score (nSPS) is 18.2. The van der Waals surface area contributed by atoms with Crippen LogP contribution in [-0.4, -0.2) is 51.0 Å². The van der Waals surface area contributed by atoms with Gasteiger partial charge in [-0.1, -0.05) is 6.07 Å². The first-order valence-corrected chi connectivity index (χ1v) is 9.88. The predicted molar refractivity (Wildman–Crippen MR) is 108 cm³/mol. The molecule has 32 heavy (non-hydrogen) atoms. The van der Waals surface area contributed by atoms with E-state index in [1.807, 2.05) is 0 Å². The number of hydrogen-bond donors (Lipinski definition) is 1. The molecule has 2 aliphatic heterocycles. The molecule has 168 valence electrons. The van der Waals surface area contributed by atoms with Crippen LogP contribution in [0.25, 0.3) is 0 Å². The number of benzene rings is 2. The zero-order valence-electron chi connectivity index (χ0n) is 17.4. The molecule has 2 aromatic rings. The molecule has 0 aliphatic carbocycles. The van der Waals surface area contributed by atoms with Crippen LogP contribution in [0.5, 0.6) is 23.0 Å². The summed E-state index contributed by atoms with van der Waals surface area (Å²) in [5.41, 5.74) is 0.783. The number of rotatable bonds is 6. The van der Waals surface area contributed by atoms with Crippen molar-refractivity contribution < 1.29 is 42.8 Å². The van der Waals surface area contributed by atoms with E-state index in [1.54, 1.807) is 43.3 Å². The molecule has 0 saturated carbocycles. The molecule has 1 amide bonds. The minimum absolute atomic E-state index is 0.0828. The second-order valence-electron chi connectivity index (χ2n) is 6.86. The number of ether oxygens (including phenoxy) is 6. The van der Waals surface area contributed by atoms with Crippen molar-refractivity contribution in [2.24, 2.45) is 0 Å². The lowest BCUT2D eigenvalue weighted by atomic mass is 9.93. The summed E-state index contributed by atoms with van der Waals surface area (Å²) in [7, 11) is 1.50. The van der Waals surface area contributed by atoms with E-state index in [0.29, 0.717) is 28.6 Å². The lowest BCUT2D eigenvalue weighted by Gasteiger charge is -2.32. The molecule has 0 aromatic heterocycles. The highest BCUT2D eigenvalue weighted by Gasteiger charge is 2.42. The van der Waals surface area contributed by atoms with Gasteiger partial charge in [0.2, 0.25) is 18.7 Å². The van der Waals surface area contributed by atoms with Crippen LogP contribution in [0.4, 0.5) is 4.79 Å². The van der Waals surface area contributed by atoms with E-state index in [9.17, 15) is 14.4 Å². The van der Waals surface area contributed by atoms with Crippen molar-refractivity contribution in [3.63, 3.8) is 0 Å². The molecule has 0 bridgehead atoms. The lowest BCUT2D eigenvalue weighted by molar-refractivity contribution is -0.141. The van der Waals surface area contributed by atoms with E-state index in [4.69, 9.17) is 28.4 Å². The Morgan fingerprint density at radius 2 is 1.91 bits per heavy atom. The van der Waals surface area contributed by atoms with Gasteiger partial charge in [-0.05, 0) is 31.2 Å². The average Bonchev–Trinajstić information content (AvgIpc) is 3.27. The number of nitrogens with one attached hydrogen (secondary N) is 1. The van der Waals surface area contributed by atoms with Gasteiger partial charge in [0.05, 0.1) is 19.3 Å². The third-order valence-corrected chi connectivity index (χ3v) is 4.88. The van der Waals surface area contributed by atoms with Gasteiger partial charge in [0.15, 0.2) is 17.6 Å². The molecular weight excluding hydrogens is 422 g/mol. The number of carbonyl (C=O) groups excluding carboxylic acids is 3. The topological polar surface area (TPSA) is 119 Å². The fourth-order valence-corrected chi connectivity index (χ4v) is 3.38. The van der Waals surface area contributed by atoms with Crippen LogP contribution in [0.2, 0.25) is 0 Å². The van der Waals surface area contributed by atoms with Crippen molar-refractivity contribution in [3.8, 4) is 23.0 Å². The summed E-state index contributed by atoms with van der Waals surface area (Å²) >= 11 is 0. The Bertz CT molecular complexity index is 1050. The van der Waals surface area contributed by atoms with Gasteiger partial charge in [-0.25, -0.2) is 4.79 Å².